The third-order valence-electron chi connectivity index (χ3n) is 4.78. The molecule has 1 aliphatic heterocycles. The minimum Gasteiger partial charge on any atom is -0.486 e. The average Bonchev–Trinajstić information content (AvgIpc) is 3.52. The van der Waals surface area contributed by atoms with Crippen molar-refractivity contribution in [3.8, 4) is 11.5 Å². The van der Waals surface area contributed by atoms with Crippen molar-refractivity contribution >= 4 is 17.5 Å². The Morgan fingerprint density at radius 2 is 1.74 bits per heavy atom. The van der Waals surface area contributed by atoms with E-state index >= 15 is 0 Å². The Hall–Kier alpha value is -3.02. The summed E-state index contributed by atoms with van der Waals surface area (Å²) in [5.74, 6) is 1.09. The quantitative estimate of drug-likeness (QED) is 0.824. The number of carbonyl (C=O) groups excluding carboxylic acids is 2. The lowest BCUT2D eigenvalue weighted by molar-refractivity contribution is -0.125. The third kappa shape index (κ3) is 4.22. The molecule has 27 heavy (non-hydrogen) atoms. The van der Waals surface area contributed by atoms with Crippen LogP contribution < -0.4 is 20.1 Å². The number of hydrogen-bond donors (Lipinski definition) is 2. The van der Waals surface area contributed by atoms with Gasteiger partial charge in [0.2, 0.25) is 11.8 Å². The van der Waals surface area contributed by atoms with Gasteiger partial charge in [-0.15, -0.1) is 0 Å². The summed E-state index contributed by atoms with van der Waals surface area (Å²) >= 11 is 0. The van der Waals surface area contributed by atoms with Crippen LogP contribution in [-0.2, 0) is 9.59 Å². The maximum atomic E-state index is 12.6. The Labute approximate surface area is 157 Å². The van der Waals surface area contributed by atoms with Crippen LogP contribution in [0.5, 0.6) is 11.5 Å². The molecule has 0 radical (unpaired) electrons. The van der Waals surface area contributed by atoms with Crippen molar-refractivity contribution < 1.29 is 19.1 Å². The second kappa shape index (κ2) is 7.70. The molecule has 6 heteroatoms. The predicted octanol–water partition coefficient (Wildman–Crippen LogP) is 2.71. The Bertz CT molecular complexity index is 833. The van der Waals surface area contributed by atoms with Gasteiger partial charge in [-0.25, -0.2) is 0 Å². The fourth-order valence-electron chi connectivity index (χ4n) is 3.33. The molecule has 1 unspecified atom stereocenters. The number of anilines is 1. The third-order valence-corrected chi connectivity index (χ3v) is 4.78. The largest absolute Gasteiger partial charge is 0.486 e. The van der Waals surface area contributed by atoms with Crippen LogP contribution in [0.15, 0.2) is 48.5 Å². The standard InChI is InChI=1S/C21H22N2O4/c24-19(23-16-8-9-17-18(12-16)27-11-10-26-17)13-22-21(25)20(15-6-7-15)14-4-2-1-3-5-14/h1-5,8-9,12,15,20H,6-7,10-11,13H2,(H,22,25)(H,23,24). The zero-order chi connectivity index (χ0) is 18.6. The van der Waals surface area contributed by atoms with E-state index in [1.807, 2.05) is 30.3 Å². The molecule has 140 valence electrons. The van der Waals surface area contributed by atoms with Crippen LogP contribution in [0.4, 0.5) is 5.69 Å². The normalized spacial score (nSPS) is 16.3. The summed E-state index contributed by atoms with van der Waals surface area (Å²) in [7, 11) is 0. The molecule has 0 bridgehead atoms. The van der Waals surface area contributed by atoms with E-state index in [-0.39, 0.29) is 24.3 Å². The van der Waals surface area contributed by atoms with E-state index in [9.17, 15) is 9.59 Å². The number of hydrogen-bond acceptors (Lipinski definition) is 4. The SMILES string of the molecule is O=C(CNC(=O)C(c1ccccc1)C1CC1)Nc1ccc2c(c1)OCCO2. The highest BCUT2D eigenvalue weighted by Gasteiger charge is 2.37. The number of carbonyl (C=O) groups is 2. The molecule has 1 saturated carbocycles. The number of rotatable bonds is 6. The molecule has 0 aromatic heterocycles. The molecular formula is C21H22N2O4. The summed E-state index contributed by atoms with van der Waals surface area (Å²) in [6.07, 6.45) is 2.10. The first-order chi connectivity index (χ1) is 13.2. The summed E-state index contributed by atoms with van der Waals surface area (Å²) in [4.78, 5) is 24.9. The van der Waals surface area contributed by atoms with Gasteiger partial charge in [-0.3, -0.25) is 9.59 Å². The van der Waals surface area contributed by atoms with E-state index in [4.69, 9.17) is 9.47 Å². The van der Waals surface area contributed by atoms with Gasteiger partial charge in [-0.2, -0.15) is 0 Å². The molecule has 1 heterocycles. The van der Waals surface area contributed by atoms with Crippen molar-refractivity contribution in [2.24, 2.45) is 5.92 Å². The van der Waals surface area contributed by atoms with E-state index in [1.54, 1.807) is 18.2 Å². The van der Waals surface area contributed by atoms with E-state index in [1.165, 1.54) is 0 Å². The van der Waals surface area contributed by atoms with Crippen molar-refractivity contribution in [1.82, 2.24) is 5.32 Å². The number of nitrogens with one attached hydrogen (secondary N) is 2. The van der Waals surface area contributed by atoms with Gasteiger partial charge in [-0.05, 0) is 36.5 Å². The first-order valence-electron chi connectivity index (χ1n) is 9.23. The second-order valence-corrected chi connectivity index (χ2v) is 6.85. The average molecular weight is 366 g/mol. The monoisotopic (exact) mass is 366 g/mol. The molecular weight excluding hydrogens is 344 g/mol. The van der Waals surface area contributed by atoms with Gasteiger partial charge in [0, 0.05) is 11.8 Å². The van der Waals surface area contributed by atoms with Gasteiger partial charge in [-0.1, -0.05) is 30.3 Å². The first kappa shape index (κ1) is 17.4. The molecule has 0 spiro atoms. The molecule has 2 aromatic rings. The number of amides is 2. The molecule has 1 atom stereocenters. The van der Waals surface area contributed by atoms with Gasteiger partial charge >= 0.3 is 0 Å². The molecule has 4 rings (SSSR count). The van der Waals surface area contributed by atoms with Crippen LogP contribution in [0, 0.1) is 5.92 Å². The molecule has 2 N–H and O–H groups in total. The van der Waals surface area contributed by atoms with Crippen molar-refractivity contribution in [1.29, 1.82) is 0 Å². The minimum absolute atomic E-state index is 0.0661. The Morgan fingerprint density at radius 1 is 1.00 bits per heavy atom. The maximum Gasteiger partial charge on any atom is 0.243 e. The summed E-state index contributed by atoms with van der Waals surface area (Å²) in [6, 6.07) is 15.0. The lowest BCUT2D eigenvalue weighted by Gasteiger charge is -2.19. The van der Waals surface area contributed by atoms with Crippen LogP contribution in [-0.4, -0.2) is 31.6 Å². The smallest absolute Gasteiger partial charge is 0.243 e. The Morgan fingerprint density at radius 3 is 2.48 bits per heavy atom. The van der Waals surface area contributed by atoms with E-state index in [2.05, 4.69) is 10.6 Å². The predicted molar refractivity (Wildman–Crippen MR) is 101 cm³/mol. The lowest BCUT2D eigenvalue weighted by atomic mass is 9.93. The van der Waals surface area contributed by atoms with Gasteiger partial charge in [0.05, 0.1) is 12.5 Å². The topological polar surface area (TPSA) is 76.7 Å². The maximum absolute atomic E-state index is 12.6. The Kier molecular flexibility index (Phi) is 4.96. The fourth-order valence-corrected chi connectivity index (χ4v) is 3.33. The van der Waals surface area contributed by atoms with Crippen molar-refractivity contribution in [2.75, 3.05) is 25.1 Å². The van der Waals surface area contributed by atoms with Crippen LogP contribution in [0.2, 0.25) is 0 Å². The summed E-state index contributed by atoms with van der Waals surface area (Å²) in [6.45, 7) is 0.945. The number of fused-ring (bicyclic) bond motifs is 1. The molecule has 2 aromatic carbocycles. The molecule has 2 aliphatic rings. The van der Waals surface area contributed by atoms with Crippen LogP contribution in [0.25, 0.3) is 0 Å². The second-order valence-electron chi connectivity index (χ2n) is 6.85. The van der Waals surface area contributed by atoms with Gasteiger partial charge < -0.3 is 20.1 Å². The van der Waals surface area contributed by atoms with Crippen molar-refractivity contribution in [3.63, 3.8) is 0 Å². The molecule has 2 amide bonds. The zero-order valence-electron chi connectivity index (χ0n) is 14.9. The fraction of sp³-hybridized carbons (Fsp3) is 0.333. The summed E-state index contributed by atoms with van der Waals surface area (Å²) in [5, 5.41) is 5.56. The van der Waals surface area contributed by atoms with Crippen molar-refractivity contribution in [3.05, 3.63) is 54.1 Å². The van der Waals surface area contributed by atoms with E-state index in [0.29, 0.717) is 36.3 Å². The highest BCUT2D eigenvalue weighted by Crippen LogP contribution is 2.42. The van der Waals surface area contributed by atoms with Crippen LogP contribution in [0.3, 0.4) is 0 Å². The van der Waals surface area contributed by atoms with E-state index < -0.39 is 0 Å². The molecule has 1 fully saturated rings. The molecule has 0 saturated heterocycles. The number of ether oxygens (including phenoxy) is 2. The Balaban J connectivity index is 1.34. The minimum atomic E-state index is -0.275. The van der Waals surface area contributed by atoms with Crippen LogP contribution in [0.1, 0.15) is 24.3 Å². The summed E-state index contributed by atoms with van der Waals surface area (Å²) in [5.41, 5.74) is 1.62. The van der Waals surface area contributed by atoms with Gasteiger partial charge in [0.25, 0.3) is 0 Å². The highest BCUT2D eigenvalue weighted by atomic mass is 16.6. The van der Waals surface area contributed by atoms with Crippen molar-refractivity contribution in [2.45, 2.75) is 18.8 Å². The van der Waals surface area contributed by atoms with Gasteiger partial charge in [0.1, 0.15) is 13.2 Å². The first-order valence-corrected chi connectivity index (χ1v) is 9.23. The van der Waals surface area contributed by atoms with E-state index in [0.717, 1.165) is 18.4 Å². The molecule has 6 nitrogen and oxygen atoms in total. The summed E-state index contributed by atoms with van der Waals surface area (Å²) < 4.78 is 11.0. The zero-order valence-corrected chi connectivity index (χ0v) is 14.9. The van der Waals surface area contributed by atoms with Gasteiger partial charge in [0.15, 0.2) is 11.5 Å². The van der Waals surface area contributed by atoms with Crippen LogP contribution >= 0.6 is 0 Å². The lowest BCUT2D eigenvalue weighted by Crippen LogP contribution is -2.36. The highest BCUT2D eigenvalue weighted by molar-refractivity contribution is 5.95. The molecule has 1 aliphatic carbocycles. The number of benzene rings is 2.